The minimum atomic E-state index is 0.561. The van der Waals surface area contributed by atoms with Gasteiger partial charge in [-0.15, -0.1) is 0 Å². The van der Waals surface area contributed by atoms with Gasteiger partial charge in [0.2, 0.25) is 5.65 Å². The van der Waals surface area contributed by atoms with Gasteiger partial charge in [-0.25, -0.2) is 9.97 Å². The molecule has 62 valence electrons. The summed E-state index contributed by atoms with van der Waals surface area (Å²) in [7, 11) is 1.59. The van der Waals surface area contributed by atoms with Crippen molar-refractivity contribution in [3.8, 4) is 5.88 Å². The summed E-state index contributed by atoms with van der Waals surface area (Å²) in [6.07, 6.45) is 5.46. The zero-order valence-corrected chi connectivity index (χ0v) is 6.98. The van der Waals surface area contributed by atoms with Crippen LogP contribution in [-0.2, 0) is 0 Å². The van der Waals surface area contributed by atoms with Gasteiger partial charge in [0, 0.05) is 18.6 Å². The summed E-state index contributed by atoms with van der Waals surface area (Å²) in [4.78, 5) is 8.29. The molecule has 0 saturated heterocycles. The molecule has 0 aliphatic carbocycles. The van der Waals surface area contributed by atoms with Gasteiger partial charge in [-0.3, -0.25) is 0 Å². The van der Waals surface area contributed by atoms with Gasteiger partial charge in [0.25, 0.3) is 5.88 Å². The number of nitrogens with zero attached hydrogens (tertiary/aromatic N) is 3. The zero-order chi connectivity index (χ0) is 8.55. The van der Waals surface area contributed by atoms with Crippen LogP contribution >= 0.6 is 0 Å². The van der Waals surface area contributed by atoms with Gasteiger partial charge in [0.05, 0.1) is 12.8 Å². The summed E-state index contributed by atoms with van der Waals surface area (Å²) in [5.41, 5.74) is 1.72. The van der Waals surface area contributed by atoms with Crippen molar-refractivity contribution in [2.24, 2.45) is 0 Å². The molecule has 0 aliphatic rings. The summed E-state index contributed by atoms with van der Waals surface area (Å²) in [6, 6.07) is 0. The minimum absolute atomic E-state index is 0.561. The molecule has 12 heavy (non-hydrogen) atoms. The van der Waals surface area contributed by atoms with Gasteiger partial charge in [-0.05, 0) is 6.92 Å². The number of imidazole rings is 1. The molecule has 0 aromatic carbocycles. The highest BCUT2D eigenvalue weighted by atomic mass is 16.5. The largest absolute Gasteiger partial charge is 0.478 e. The second-order valence-corrected chi connectivity index (χ2v) is 2.55. The average molecular weight is 163 g/mol. The van der Waals surface area contributed by atoms with Gasteiger partial charge in [-0.2, -0.15) is 0 Å². The van der Waals surface area contributed by atoms with Crippen LogP contribution in [0.3, 0.4) is 0 Å². The summed E-state index contributed by atoms with van der Waals surface area (Å²) in [5.74, 6) is 0.561. The standard InChI is InChI=1S/C8H9N3O/c1-6-5-11-4-3-9-8(12-2)7(11)10-6/h3-5H,1-2H3. The van der Waals surface area contributed by atoms with Gasteiger partial charge in [0.15, 0.2) is 0 Å². The summed E-state index contributed by atoms with van der Waals surface area (Å²) in [5, 5.41) is 0. The third kappa shape index (κ3) is 0.922. The predicted molar refractivity (Wildman–Crippen MR) is 44.3 cm³/mol. The molecular weight excluding hydrogens is 154 g/mol. The van der Waals surface area contributed by atoms with Crippen molar-refractivity contribution in [2.75, 3.05) is 7.11 Å². The summed E-state index contributed by atoms with van der Waals surface area (Å²) in [6.45, 7) is 1.94. The smallest absolute Gasteiger partial charge is 0.258 e. The van der Waals surface area contributed by atoms with Crippen molar-refractivity contribution in [1.29, 1.82) is 0 Å². The van der Waals surface area contributed by atoms with Gasteiger partial charge in [-0.1, -0.05) is 0 Å². The van der Waals surface area contributed by atoms with Crippen molar-refractivity contribution in [2.45, 2.75) is 6.92 Å². The topological polar surface area (TPSA) is 39.4 Å². The maximum absolute atomic E-state index is 5.05. The lowest BCUT2D eigenvalue weighted by Crippen LogP contribution is -1.92. The molecule has 0 atom stereocenters. The van der Waals surface area contributed by atoms with E-state index in [1.807, 2.05) is 23.7 Å². The fourth-order valence-electron chi connectivity index (χ4n) is 1.16. The van der Waals surface area contributed by atoms with Crippen molar-refractivity contribution >= 4 is 5.65 Å². The third-order valence-corrected chi connectivity index (χ3v) is 1.66. The number of hydrogen-bond donors (Lipinski definition) is 0. The Morgan fingerprint density at radius 1 is 1.50 bits per heavy atom. The van der Waals surface area contributed by atoms with E-state index < -0.39 is 0 Å². The molecule has 0 spiro atoms. The number of hydrogen-bond acceptors (Lipinski definition) is 3. The molecule has 4 heteroatoms. The third-order valence-electron chi connectivity index (χ3n) is 1.66. The van der Waals surface area contributed by atoms with E-state index in [0.29, 0.717) is 5.88 Å². The normalized spacial score (nSPS) is 10.5. The summed E-state index contributed by atoms with van der Waals surface area (Å²) < 4.78 is 6.94. The van der Waals surface area contributed by atoms with E-state index in [-0.39, 0.29) is 0 Å². The van der Waals surface area contributed by atoms with E-state index in [9.17, 15) is 0 Å². The van der Waals surface area contributed by atoms with E-state index in [1.165, 1.54) is 0 Å². The van der Waals surface area contributed by atoms with E-state index >= 15 is 0 Å². The first kappa shape index (κ1) is 7.09. The molecule has 0 N–H and O–H groups in total. The van der Waals surface area contributed by atoms with E-state index in [4.69, 9.17) is 4.74 Å². The molecule has 4 nitrogen and oxygen atoms in total. The molecule has 2 rings (SSSR count). The van der Waals surface area contributed by atoms with Crippen LogP contribution in [0.5, 0.6) is 5.88 Å². The van der Waals surface area contributed by atoms with Gasteiger partial charge in [0.1, 0.15) is 0 Å². The second-order valence-electron chi connectivity index (χ2n) is 2.55. The van der Waals surface area contributed by atoms with E-state index in [0.717, 1.165) is 11.3 Å². The van der Waals surface area contributed by atoms with Crippen LogP contribution < -0.4 is 4.74 Å². The molecule has 2 aromatic rings. The van der Waals surface area contributed by atoms with Crippen molar-refractivity contribution < 1.29 is 4.74 Å². The Morgan fingerprint density at radius 3 is 3.08 bits per heavy atom. The van der Waals surface area contributed by atoms with Crippen molar-refractivity contribution in [3.63, 3.8) is 0 Å². The fourth-order valence-corrected chi connectivity index (χ4v) is 1.16. The highest BCUT2D eigenvalue weighted by molar-refractivity contribution is 5.49. The van der Waals surface area contributed by atoms with Crippen LogP contribution in [0.1, 0.15) is 5.69 Å². The molecule has 0 unspecified atom stereocenters. The number of fused-ring (bicyclic) bond motifs is 1. The Kier molecular flexibility index (Phi) is 1.46. The molecule has 0 saturated carbocycles. The molecule has 0 bridgehead atoms. The number of aromatic nitrogens is 3. The summed E-state index contributed by atoms with van der Waals surface area (Å²) >= 11 is 0. The number of ether oxygens (including phenoxy) is 1. The van der Waals surface area contributed by atoms with E-state index in [1.54, 1.807) is 13.3 Å². The van der Waals surface area contributed by atoms with Crippen molar-refractivity contribution in [3.05, 3.63) is 24.3 Å². The van der Waals surface area contributed by atoms with E-state index in [2.05, 4.69) is 9.97 Å². The molecular formula is C8H9N3O. The number of aryl methyl sites for hydroxylation is 1. The lowest BCUT2D eigenvalue weighted by Gasteiger charge is -1.98. The Balaban J connectivity index is 2.78. The van der Waals surface area contributed by atoms with Crippen molar-refractivity contribution in [1.82, 2.24) is 14.4 Å². The molecule has 0 radical (unpaired) electrons. The molecule has 2 aromatic heterocycles. The lowest BCUT2D eigenvalue weighted by atomic mass is 10.6. The highest BCUT2D eigenvalue weighted by Crippen LogP contribution is 2.13. The van der Waals surface area contributed by atoms with Crippen LogP contribution in [0.15, 0.2) is 18.6 Å². The zero-order valence-electron chi connectivity index (χ0n) is 6.98. The molecule has 0 amide bonds. The monoisotopic (exact) mass is 163 g/mol. The molecule has 2 heterocycles. The Hall–Kier alpha value is -1.58. The first-order chi connectivity index (χ1) is 5.81. The Labute approximate surface area is 69.8 Å². The Morgan fingerprint density at radius 2 is 2.33 bits per heavy atom. The minimum Gasteiger partial charge on any atom is -0.478 e. The first-order valence-corrected chi connectivity index (χ1v) is 3.65. The maximum Gasteiger partial charge on any atom is 0.258 e. The SMILES string of the molecule is COc1nccn2cc(C)nc12. The second kappa shape index (κ2) is 2.48. The van der Waals surface area contributed by atoms with Crippen LogP contribution in [0.2, 0.25) is 0 Å². The number of methoxy groups -OCH3 is 1. The predicted octanol–water partition coefficient (Wildman–Crippen LogP) is 1.05. The fraction of sp³-hybridized carbons (Fsp3) is 0.250. The Bertz CT molecular complexity index is 408. The van der Waals surface area contributed by atoms with Gasteiger partial charge >= 0.3 is 0 Å². The highest BCUT2D eigenvalue weighted by Gasteiger charge is 2.03. The van der Waals surface area contributed by atoms with Crippen LogP contribution in [0.25, 0.3) is 5.65 Å². The van der Waals surface area contributed by atoms with Gasteiger partial charge < -0.3 is 9.14 Å². The molecule has 0 fully saturated rings. The average Bonchev–Trinajstić information content (AvgIpc) is 2.44. The lowest BCUT2D eigenvalue weighted by molar-refractivity contribution is 0.400. The maximum atomic E-state index is 5.05. The van der Waals surface area contributed by atoms with Crippen LogP contribution in [0, 0.1) is 6.92 Å². The number of rotatable bonds is 1. The van der Waals surface area contributed by atoms with Crippen LogP contribution in [0.4, 0.5) is 0 Å². The van der Waals surface area contributed by atoms with Crippen LogP contribution in [-0.4, -0.2) is 21.5 Å². The molecule has 0 aliphatic heterocycles. The first-order valence-electron chi connectivity index (χ1n) is 3.65. The quantitative estimate of drug-likeness (QED) is 0.630.